The summed E-state index contributed by atoms with van der Waals surface area (Å²) < 4.78 is 6.31. The van der Waals surface area contributed by atoms with E-state index in [9.17, 15) is 0 Å². The van der Waals surface area contributed by atoms with Crippen LogP contribution in [0.2, 0.25) is 0 Å². The molecule has 1 heterocycles. The monoisotopic (exact) mass is 233 g/mol. The van der Waals surface area contributed by atoms with E-state index >= 15 is 0 Å². The maximum atomic E-state index is 6.31. The lowest BCUT2D eigenvalue weighted by atomic mass is 9.71. The highest BCUT2D eigenvalue weighted by molar-refractivity contribution is 5.39. The molecule has 0 aromatic heterocycles. The Balaban J connectivity index is 2.28. The Bertz CT molecular complexity index is 367. The Kier molecular flexibility index (Phi) is 3.17. The van der Waals surface area contributed by atoms with E-state index in [2.05, 4.69) is 39.0 Å². The van der Waals surface area contributed by atoms with Crippen LogP contribution >= 0.6 is 0 Å². The van der Waals surface area contributed by atoms with Crippen LogP contribution in [0.3, 0.4) is 0 Å². The van der Waals surface area contributed by atoms with Gasteiger partial charge in [-0.15, -0.1) is 0 Å². The first-order chi connectivity index (χ1) is 7.98. The van der Waals surface area contributed by atoms with E-state index in [1.54, 1.807) is 0 Å². The maximum absolute atomic E-state index is 6.31. The fourth-order valence-corrected chi connectivity index (χ4v) is 2.62. The van der Waals surface area contributed by atoms with E-state index in [4.69, 9.17) is 10.5 Å². The number of rotatable bonds is 3. The van der Waals surface area contributed by atoms with Gasteiger partial charge in [0, 0.05) is 11.8 Å². The summed E-state index contributed by atoms with van der Waals surface area (Å²) in [5.74, 6) is 1.06. The van der Waals surface area contributed by atoms with E-state index in [0.717, 1.165) is 31.6 Å². The van der Waals surface area contributed by atoms with Crippen molar-refractivity contribution >= 4 is 0 Å². The van der Waals surface area contributed by atoms with Crippen molar-refractivity contribution in [3.05, 3.63) is 29.8 Å². The van der Waals surface area contributed by atoms with Crippen LogP contribution in [-0.4, -0.2) is 12.1 Å². The average molecular weight is 233 g/mol. The van der Waals surface area contributed by atoms with Crippen LogP contribution < -0.4 is 10.5 Å². The molecular formula is C15H23NO. The van der Waals surface area contributed by atoms with Crippen LogP contribution in [0.4, 0.5) is 0 Å². The fraction of sp³-hybridized carbons (Fsp3) is 0.600. The first-order valence-corrected chi connectivity index (χ1v) is 6.45. The Morgan fingerprint density at radius 2 is 2.00 bits per heavy atom. The van der Waals surface area contributed by atoms with Crippen LogP contribution in [0.1, 0.15) is 39.2 Å². The van der Waals surface area contributed by atoms with Gasteiger partial charge in [0.2, 0.25) is 0 Å². The number of benzene rings is 1. The van der Waals surface area contributed by atoms with Crippen molar-refractivity contribution in [2.45, 2.75) is 45.6 Å². The third kappa shape index (κ3) is 2.19. The van der Waals surface area contributed by atoms with Gasteiger partial charge < -0.3 is 10.5 Å². The second-order valence-corrected chi connectivity index (χ2v) is 6.02. The second-order valence-electron chi connectivity index (χ2n) is 6.02. The van der Waals surface area contributed by atoms with Crippen molar-refractivity contribution < 1.29 is 4.74 Å². The molecule has 0 amide bonds. The first kappa shape index (κ1) is 12.4. The molecule has 2 heteroatoms. The molecule has 2 rings (SSSR count). The zero-order valence-corrected chi connectivity index (χ0v) is 11.1. The molecule has 0 saturated carbocycles. The maximum Gasteiger partial charge on any atom is 0.123 e. The molecule has 1 aliphatic heterocycles. The van der Waals surface area contributed by atoms with Gasteiger partial charge in [-0.25, -0.2) is 0 Å². The third-order valence-corrected chi connectivity index (χ3v) is 3.91. The SMILES string of the molecule is CC(C)(C)C1(CCCN)Cc2ccccc2O1. The van der Waals surface area contributed by atoms with Gasteiger partial charge in [0.1, 0.15) is 11.4 Å². The molecule has 0 bridgehead atoms. The van der Waals surface area contributed by atoms with Gasteiger partial charge in [-0.1, -0.05) is 39.0 Å². The van der Waals surface area contributed by atoms with Gasteiger partial charge in [0.25, 0.3) is 0 Å². The van der Waals surface area contributed by atoms with Crippen molar-refractivity contribution in [2.24, 2.45) is 11.1 Å². The molecule has 1 atom stereocenters. The topological polar surface area (TPSA) is 35.2 Å². The van der Waals surface area contributed by atoms with Crippen LogP contribution in [-0.2, 0) is 6.42 Å². The lowest BCUT2D eigenvalue weighted by Gasteiger charge is -2.41. The van der Waals surface area contributed by atoms with Crippen LogP contribution in [0, 0.1) is 5.41 Å². The lowest BCUT2D eigenvalue weighted by molar-refractivity contribution is -0.0225. The summed E-state index contributed by atoms with van der Waals surface area (Å²) in [6, 6.07) is 8.38. The van der Waals surface area contributed by atoms with E-state index in [1.807, 2.05) is 6.07 Å². The zero-order chi connectivity index (χ0) is 12.5. The third-order valence-electron chi connectivity index (χ3n) is 3.91. The van der Waals surface area contributed by atoms with Crippen molar-refractivity contribution in [3.63, 3.8) is 0 Å². The van der Waals surface area contributed by atoms with Crippen molar-refractivity contribution in [1.29, 1.82) is 0 Å². The summed E-state index contributed by atoms with van der Waals surface area (Å²) in [4.78, 5) is 0. The summed E-state index contributed by atoms with van der Waals surface area (Å²) in [7, 11) is 0. The standard InChI is InChI=1S/C15H23NO/c1-14(2,3)15(9-6-10-16)11-12-7-4-5-8-13(12)17-15/h4-5,7-8H,6,9-11,16H2,1-3H3. The van der Waals surface area contributed by atoms with E-state index in [1.165, 1.54) is 5.56 Å². The van der Waals surface area contributed by atoms with Crippen molar-refractivity contribution in [2.75, 3.05) is 6.54 Å². The minimum Gasteiger partial charge on any atom is -0.486 e. The van der Waals surface area contributed by atoms with Crippen LogP contribution in [0.25, 0.3) is 0 Å². The molecule has 1 aromatic rings. The molecule has 0 spiro atoms. The highest BCUT2D eigenvalue weighted by atomic mass is 16.5. The minimum absolute atomic E-state index is 0.0872. The molecule has 94 valence electrons. The average Bonchev–Trinajstić information content (AvgIpc) is 2.65. The number of hydrogen-bond acceptors (Lipinski definition) is 2. The summed E-state index contributed by atoms with van der Waals surface area (Å²) in [5, 5.41) is 0. The number of ether oxygens (including phenoxy) is 1. The predicted octanol–water partition coefficient (Wildman–Crippen LogP) is 3.15. The normalized spacial score (nSPS) is 23.3. The van der Waals surface area contributed by atoms with Crippen molar-refractivity contribution in [3.8, 4) is 5.75 Å². The predicted molar refractivity (Wildman–Crippen MR) is 71.2 cm³/mol. The van der Waals surface area contributed by atoms with Gasteiger partial charge in [-0.3, -0.25) is 0 Å². The lowest BCUT2D eigenvalue weighted by Crippen LogP contribution is -2.47. The van der Waals surface area contributed by atoms with E-state index in [-0.39, 0.29) is 11.0 Å². The Morgan fingerprint density at radius 1 is 1.29 bits per heavy atom. The fourth-order valence-electron chi connectivity index (χ4n) is 2.62. The summed E-state index contributed by atoms with van der Waals surface area (Å²) in [5.41, 5.74) is 7.03. The molecule has 0 radical (unpaired) electrons. The first-order valence-electron chi connectivity index (χ1n) is 6.45. The Hall–Kier alpha value is -1.02. The van der Waals surface area contributed by atoms with Gasteiger partial charge in [-0.2, -0.15) is 0 Å². The van der Waals surface area contributed by atoms with Crippen LogP contribution in [0.5, 0.6) is 5.75 Å². The molecule has 2 nitrogen and oxygen atoms in total. The number of para-hydroxylation sites is 1. The van der Waals surface area contributed by atoms with Gasteiger partial charge in [-0.05, 0) is 31.0 Å². The molecule has 1 aliphatic rings. The molecule has 0 saturated heterocycles. The zero-order valence-electron chi connectivity index (χ0n) is 11.1. The largest absolute Gasteiger partial charge is 0.486 e. The summed E-state index contributed by atoms with van der Waals surface area (Å²) >= 11 is 0. The highest BCUT2D eigenvalue weighted by Gasteiger charge is 2.47. The minimum atomic E-state index is -0.0872. The molecule has 17 heavy (non-hydrogen) atoms. The molecule has 0 aliphatic carbocycles. The molecular weight excluding hydrogens is 210 g/mol. The van der Waals surface area contributed by atoms with Crippen LogP contribution in [0.15, 0.2) is 24.3 Å². The van der Waals surface area contributed by atoms with Crippen molar-refractivity contribution in [1.82, 2.24) is 0 Å². The quantitative estimate of drug-likeness (QED) is 0.870. The van der Waals surface area contributed by atoms with Gasteiger partial charge in [0.05, 0.1) is 0 Å². The van der Waals surface area contributed by atoms with E-state index < -0.39 is 0 Å². The van der Waals surface area contributed by atoms with Gasteiger partial charge >= 0.3 is 0 Å². The Morgan fingerprint density at radius 3 is 2.59 bits per heavy atom. The summed E-state index contributed by atoms with van der Waals surface area (Å²) in [6.07, 6.45) is 3.06. The molecule has 1 aromatic carbocycles. The molecule has 1 unspecified atom stereocenters. The smallest absolute Gasteiger partial charge is 0.123 e. The van der Waals surface area contributed by atoms with E-state index in [0.29, 0.717) is 0 Å². The molecule has 0 fully saturated rings. The highest BCUT2D eigenvalue weighted by Crippen LogP contribution is 2.47. The number of fused-ring (bicyclic) bond motifs is 1. The second kappa shape index (κ2) is 4.34. The summed E-state index contributed by atoms with van der Waals surface area (Å²) in [6.45, 7) is 7.51. The Labute approximate surface area is 104 Å². The number of nitrogens with two attached hydrogens (primary N) is 1. The molecule has 2 N–H and O–H groups in total. The number of hydrogen-bond donors (Lipinski definition) is 1. The van der Waals surface area contributed by atoms with Gasteiger partial charge in [0.15, 0.2) is 0 Å².